The molecule has 0 N–H and O–H groups in total. The van der Waals surface area contributed by atoms with Crippen molar-refractivity contribution in [3.63, 3.8) is 0 Å². The zero-order valence-corrected chi connectivity index (χ0v) is 15.3. The lowest BCUT2D eigenvalue weighted by molar-refractivity contribution is -0.119. The van der Waals surface area contributed by atoms with Crippen LogP contribution in [-0.4, -0.2) is 62.1 Å². The van der Waals surface area contributed by atoms with Crippen LogP contribution in [0.25, 0.3) is 16.8 Å². The van der Waals surface area contributed by atoms with E-state index in [4.69, 9.17) is 4.74 Å². The Hall–Kier alpha value is -3.00. The third kappa shape index (κ3) is 3.48. The zero-order valence-electron chi connectivity index (χ0n) is 15.3. The molecule has 0 amide bonds. The summed E-state index contributed by atoms with van der Waals surface area (Å²) in [5.41, 5.74) is 2.97. The number of pyridine rings is 1. The number of hydrogen-bond donors (Lipinski definition) is 0. The molecule has 8 heteroatoms. The van der Waals surface area contributed by atoms with Crippen molar-refractivity contribution >= 4 is 17.4 Å². The first kappa shape index (κ1) is 17.4. The quantitative estimate of drug-likeness (QED) is 0.618. The van der Waals surface area contributed by atoms with Gasteiger partial charge in [0.15, 0.2) is 5.69 Å². The first-order chi connectivity index (χ1) is 13.0. The summed E-state index contributed by atoms with van der Waals surface area (Å²) in [5, 5.41) is 4.47. The van der Waals surface area contributed by atoms with Gasteiger partial charge in [-0.15, -0.1) is 0 Å². The summed E-state index contributed by atoms with van der Waals surface area (Å²) in [7, 11) is 0. The van der Waals surface area contributed by atoms with E-state index in [-0.39, 0.29) is 5.78 Å². The van der Waals surface area contributed by atoms with Gasteiger partial charge in [0, 0.05) is 42.8 Å². The molecule has 1 aliphatic rings. The lowest BCUT2D eigenvalue weighted by Gasteiger charge is -2.38. The summed E-state index contributed by atoms with van der Waals surface area (Å²) in [6, 6.07) is 4.12. The minimum absolute atomic E-state index is 0.186. The second-order valence-electron chi connectivity index (χ2n) is 6.79. The van der Waals surface area contributed by atoms with Gasteiger partial charge < -0.3 is 9.14 Å². The van der Waals surface area contributed by atoms with E-state index < -0.39 is 5.97 Å². The minimum atomic E-state index is -0.421. The smallest absolute Gasteiger partial charge is 0.358 e. The number of imidazole rings is 1. The van der Waals surface area contributed by atoms with Crippen molar-refractivity contribution < 1.29 is 14.3 Å². The molecule has 3 aromatic rings. The van der Waals surface area contributed by atoms with E-state index in [0.29, 0.717) is 30.5 Å². The van der Waals surface area contributed by atoms with Crippen LogP contribution in [0.4, 0.5) is 0 Å². The van der Waals surface area contributed by atoms with Gasteiger partial charge in [-0.05, 0) is 26.0 Å². The molecule has 4 rings (SSSR count). The van der Waals surface area contributed by atoms with Crippen LogP contribution in [0.2, 0.25) is 0 Å². The van der Waals surface area contributed by atoms with Crippen molar-refractivity contribution in [3.05, 3.63) is 42.6 Å². The molecule has 1 fully saturated rings. The Morgan fingerprint density at radius 1 is 1.19 bits per heavy atom. The van der Waals surface area contributed by atoms with Crippen molar-refractivity contribution in [3.8, 4) is 11.1 Å². The number of ether oxygens (including phenoxy) is 1. The monoisotopic (exact) mass is 367 g/mol. The predicted octanol–water partition coefficient (Wildman–Crippen LogP) is 1.82. The van der Waals surface area contributed by atoms with E-state index in [2.05, 4.69) is 15.0 Å². The highest BCUT2D eigenvalue weighted by Gasteiger charge is 2.29. The van der Waals surface area contributed by atoms with Gasteiger partial charge in [-0.25, -0.2) is 9.78 Å². The van der Waals surface area contributed by atoms with Crippen molar-refractivity contribution in [1.29, 1.82) is 0 Å². The van der Waals surface area contributed by atoms with Crippen LogP contribution in [0.3, 0.4) is 0 Å². The summed E-state index contributed by atoms with van der Waals surface area (Å²) in [6.45, 7) is 5.88. The summed E-state index contributed by atoms with van der Waals surface area (Å²) in [6.07, 6.45) is 7.44. The highest BCUT2D eigenvalue weighted by Crippen LogP contribution is 2.25. The topological polar surface area (TPSA) is 81.7 Å². The van der Waals surface area contributed by atoms with Gasteiger partial charge in [0.05, 0.1) is 25.4 Å². The Bertz CT molecular complexity index is 1000. The molecule has 3 aromatic heterocycles. The normalized spacial score (nSPS) is 15.0. The SMILES string of the molecule is CCOC(=O)c1cn2cc(-c3cnn(C4CN(CC(C)=O)C4)c3)ccc2n1. The van der Waals surface area contributed by atoms with Crippen LogP contribution in [-0.2, 0) is 9.53 Å². The largest absolute Gasteiger partial charge is 0.461 e. The summed E-state index contributed by atoms with van der Waals surface area (Å²) in [5.74, 6) is -0.235. The Morgan fingerprint density at radius 3 is 2.74 bits per heavy atom. The van der Waals surface area contributed by atoms with Gasteiger partial charge in [-0.1, -0.05) is 0 Å². The minimum Gasteiger partial charge on any atom is -0.461 e. The third-order valence-electron chi connectivity index (χ3n) is 4.63. The maximum absolute atomic E-state index is 11.8. The Kier molecular flexibility index (Phi) is 4.49. The standard InChI is InChI=1S/C19H21N5O3/c1-3-27-19(26)17-12-23-8-14(4-5-18(23)21-17)15-6-20-24(9-15)16-10-22(11-16)7-13(2)25/h4-6,8-9,12,16H,3,7,10-11H2,1-2H3. The second kappa shape index (κ2) is 6.96. The number of ketones is 1. The summed E-state index contributed by atoms with van der Waals surface area (Å²) in [4.78, 5) is 29.4. The molecule has 8 nitrogen and oxygen atoms in total. The molecule has 0 aliphatic carbocycles. The molecule has 0 bridgehead atoms. The number of likely N-dealkylation sites (tertiary alicyclic amines) is 1. The Labute approximate surface area is 156 Å². The molecule has 0 saturated carbocycles. The number of Topliss-reactive ketones (excluding diaryl/α,β-unsaturated/α-hetero) is 1. The van der Waals surface area contributed by atoms with Crippen LogP contribution >= 0.6 is 0 Å². The lowest BCUT2D eigenvalue weighted by atomic mass is 10.1. The van der Waals surface area contributed by atoms with E-state index in [9.17, 15) is 9.59 Å². The van der Waals surface area contributed by atoms with Crippen LogP contribution in [0.15, 0.2) is 36.9 Å². The number of carbonyl (C=O) groups excluding carboxylic acids is 2. The summed E-state index contributed by atoms with van der Waals surface area (Å²) < 4.78 is 8.77. The second-order valence-corrected chi connectivity index (χ2v) is 6.79. The maximum Gasteiger partial charge on any atom is 0.358 e. The molecule has 1 aliphatic heterocycles. The van der Waals surface area contributed by atoms with Crippen LogP contribution in [0.1, 0.15) is 30.4 Å². The van der Waals surface area contributed by atoms with Gasteiger partial charge in [0.25, 0.3) is 0 Å². The van der Waals surface area contributed by atoms with Gasteiger partial charge >= 0.3 is 5.97 Å². The highest BCUT2D eigenvalue weighted by atomic mass is 16.5. The molecule has 0 radical (unpaired) electrons. The van der Waals surface area contributed by atoms with Gasteiger partial charge in [-0.3, -0.25) is 14.4 Å². The summed E-state index contributed by atoms with van der Waals surface area (Å²) >= 11 is 0. The van der Waals surface area contributed by atoms with E-state index in [1.54, 1.807) is 20.0 Å². The Balaban J connectivity index is 1.50. The maximum atomic E-state index is 11.8. The molecule has 4 heterocycles. The number of aromatic nitrogens is 4. The van der Waals surface area contributed by atoms with Crippen molar-refractivity contribution in [2.75, 3.05) is 26.2 Å². The van der Waals surface area contributed by atoms with E-state index in [1.165, 1.54) is 0 Å². The lowest BCUT2D eigenvalue weighted by Crippen LogP contribution is -2.49. The van der Waals surface area contributed by atoms with Crippen molar-refractivity contribution in [2.24, 2.45) is 0 Å². The number of rotatable bonds is 6. The Morgan fingerprint density at radius 2 is 2.00 bits per heavy atom. The third-order valence-corrected chi connectivity index (χ3v) is 4.63. The molecule has 0 aromatic carbocycles. The van der Waals surface area contributed by atoms with Crippen LogP contribution in [0, 0.1) is 0 Å². The van der Waals surface area contributed by atoms with Crippen molar-refractivity contribution in [1.82, 2.24) is 24.1 Å². The molecule has 0 spiro atoms. The fraction of sp³-hybridized carbons (Fsp3) is 0.368. The number of fused-ring (bicyclic) bond motifs is 1. The van der Waals surface area contributed by atoms with E-state index >= 15 is 0 Å². The fourth-order valence-electron chi connectivity index (χ4n) is 3.31. The van der Waals surface area contributed by atoms with Crippen LogP contribution < -0.4 is 0 Å². The fourth-order valence-corrected chi connectivity index (χ4v) is 3.31. The van der Waals surface area contributed by atoms with Gasteiger partial charge in [0.2, 0.25) is 0 Å². The van der Waals surface area contributed by atoms with E-state index in [1.807, 2.05) is 39.8 Å². The highest BCUT2D eigenvalue weighted by molar-refractivity contribution is 5.88. The number of esters is 1. The molecule has 27 heavy (non-hydrogen) atoms. The van der Waals surface area contributed by atoms with Crippen LogP contribution in [0.5, 0.6) is 0 Å². The first-order valence-electron chi connectivity index (χ1n) is 8.95. The number of hydrogen-bond acceptors (Lipinski definition) is 6. The molecule has 1 saturated heterocycles. The zero-order chi connectivity index (χ0) is 19.0. The average molecular weight is 367 g/mol. The van der Waals surface area contributed by atoms with E-state index in [0.717, 1.165) is 24.2 Å². The molecule has 0 unspecified atom stereocenters. The first-order valence-corrected chi connectivity index (χ1v) is 8.95. The molecule has 0 atom stereocenters. The molecular weight excluding hydrogens is 346 g/mol. The predicted molar refractivity (Wildman–Crippen MR) is 98.5 cm³/mol. The number of carbonyl (C=O) groups is 2. The number of nitrogens with zero attached hydrogens (tertiary/aromatic N) is 5. The van der Waals surface area contributed by atoms with Crippen molar-refractivity contribution in [2.45, 2.75) is 19.9 Å². The average Bonchev–Trinajstić information content (AvgIpc) is 3.24. The van der Waals surface area contributed by atoms with Gasteiger partial charge in [-0.2, -0.15) is 5.10 Å². The molecular formula is C19H21N5O3. The van der Waals surface area contributed by atoms with Gasteiger partial charge in [0.1, 0.15) is 11.4 Å². The molecule has 140 valence electrons.